The minimum Gasteiger partial charge on any atom is -0.394 e. The number of rotatable bonds is 3. The number of hydrogen-bond acceptors (Lipinski definition) is 3. The Bertz CT molecular complexity index is 692. The number of amidine groups is 1. The fourth-order valence-corrected chi connectivity index (χ4v) is 2.41. The Morgan fingerprint density at radius 3 is 3.00 bits per heavy atom. The number of H-pyrrole nitrogens is 1. The molecule has 1 aromatic heterocycles. The SMILES string of the molecule is OCCN=C1CN=C(c2ccc[nH]2)c2cc(Cl)ccc2N1. The lowest BCUT2D eigenvalue weighted by atomic mass is 10.1. The first-order chi connectivity index (χ1) is 10.3. The van der Waals surface area contributed by atoms with Crippen LogP contribution in [0.5, 0.6) is 0 Å². The zero-order valence-electron chi connectivity index (χ0n) is 11.3. The summed E-state index contributed by atoms with van der Waals surface area (Å²) >= 11 is 6.12. The third-order valence-electron chi connectivity index (χ3n) is 3.16. The summed E-state index contributed by atoms with van der Waals surface area (Å²) in [5.74, 6) is 0.731. The van der Waals surface area contributed by atoms with Crippen molar-refractivity contribution in [2.24, 2.45) is 9.98 Å². The van der Waals surface area contributed by atoms with Gasteiger partial charge in [0.2, 0.25) is 0 Å². The number of benzene rings is 1. The van der Waals surface area contributed by atoms with E-state index in [-0.39, 0.29) is 6.61 Å². The summed E-state index contributed by atoms with van der Waals surface area (Å²) in [5.41, 5.74) is 3.61. The van der Waals surface area contributed by atoms with E-state index >= 15 is 0 Å². The van der Waals surface area contributed by atoms with Crippen LogP contribution in [0.1, 0.15) is 11.3 Å². The van der Waals surface area contributed by atoms with Gasteiger partial charge in [-0.25, -0.2) is 0 Å². The second-order valence-electron chi connectivity index (χ2n) is 4.62. The number of aliphatic hydroxyl groups excluding tert-OH is 1. The molecular formula is C15H15ClN4O. The number of aliphatic hydroxyl groups is 1. The standard InChI is InChI=1S/C15H15ClN4O/c16-10-3-4-12-11(8-10)15(13-2-1-5-17-13)19-9-14(20-12)18-6-7-21/h1-5,8,17,21H,6-7,9H2,(H,18,20). The Morgan fingerprint density at radius 1 is 1.33 bits per heavy atom. The van der Waals surface area contributed by atoms with Gasteiger partial charge in [-0.3, -0.25) is 9.98 Å². The first kappa shape index (κ1) is 13.9. The predicted octanol–water partition coefficient (Wildman–Crippen LogP) is 2.32. The van der Waals surface area contributed by atoms with Crippen molar-refractivity contribution in [3.8, 4) is 0 Å². The monoisotopic (exact) mass is 302 g/mol. The van der Waals surface area contributed by atoms with E-state index in [0.29, 0.717) is 18.1 Å². The molecule has 0 amide bonds. The van der Waals surface area contributed by atoms with Crippen LogP contribution in [0.4, 0.5) is 5.69 Å². The highest BCUT2D eigenvalue weighted by Gasteiger charge is 2.17. The number of aliphatic imine (C=N–C) groups is 2. The number of fused-ring (bicyclic) bond motifs is 1. The van der Waals surface area contributed by atoms with Crippen LogP contribution >= 0.6 is 11.6 Å². The molecule has 5 nitrogen and oxygen atoms in total. The summed E-state index contributed by atoms with van der Waals surface area (Å²) in [6.07, 6.45) is 1.86. The molecule has 1 aromatic carbocycles. The van der Waals surface area contributed by atoms with Crippen molar-refractivity contribution in [2.45, 2.75) is 0 Å². The molecule has 0 atom stereocenters. The van der Waals surface area contributed by atoms with Gasteiger partial charge in [0.25, 0.3) is 0 Å². The van der Waals surface area contributed by atoms with E-state index in [1.165, 1.54) is 0 Å². The summed E-state index contributed by atoms with van der Waals surface area (Å²) in [4.78, 5) is 12.1. The van der Waals surface area contributed by atoms with Gasteiger partial charge >= 0.3 is 0 Å². The Morgan fingerprint density at radius 2 is 2.24 bits per heavy atom. The summed E-state index contributed by atoms with van der Waals surface area (Å²) < 4.78 is 0. The Kier molecular flexibility index (Phi) is 4.03. The first-order valence-corrected chi connectivity index (χ1v) is 7.05. The summed E-state index contributed by atoms with van der Waals surface area (Å²) in [6.45, 7) is 0.811. The molecule has 0 saturated heterocycles. The predicted molar refractivity (Wildman–Crippen MR) is 85.8 cm³/mol. The van der Waals surface area contributed by atoms with Crippen LogP contribution in [-0.4, -0.2) is 41.3 Å². The molecule has 1 aliphatic rings. The number of aromatic nitrogens is 1. The van der Waals surface area contributed by atoms with Gasteiger partial charge in [0.1, 0.15) is 5.84 Å². The average Bonchev–Trinajstić information content (AvgIpc) is 2.95. The van der Waals surface area contributed by atoms with E-state index < -0.39 is 0 Å². The third kappa shape index (κ3) is 2.99. The van der Waals surface area contributed by atoms with Crippen molar-refractivity contribution >= 4 is 28.8 Å². The molecule has 2 aromatic rings. The van der Waals surface area contributed by atoms with Crippen molar-refractivity contribution in [1.82, 2.24) is 4.98 Å². The van der Waals surface area contributed by atoms with Gasteiger partial charge in [0.15, 0.2) is 0 Å². The van der Waals surface area contributed by atoms with Crippen LogP contribution < -0.4 is 5.32 Å². The number of nitrogens with zero attached hydrogens (tertiary/aromatic N) is 2. The molecule has 108 valence electrons. The molecule has 1 aliphatic heterocycles. The van der Waals surface area contributed by atoms with Crippen molar-refractivity contribution < 1.29 is 5.11 Å². The van der Waals surface area contributed by atoms with Crippen LogP contribution in [0, 0.1) is 0 Å². The Balaban J connectivity index is 2.08. The molecular weight excluding hydrogens is 288 g/mol. The lowest BCUT2D eigenvalue weighted by molar-refractivity contribution is 0.307. The number of halogens is 1. The fraction of sp³-hybridized carbons (Fsp3) is 0.200. The van der Waals surface area contributed by atoms with Crippen molar-refractivity contribution in [1.29, 1.82) is 0 Å². The number of benzodiazepines with no additional fused rings is 1. The molecule has 0 unspecified atom stereocenters. The molecule has 2 heterocycles. The highest BCUT2D eigenvalue weighted by molar-refractivity contribution is 6.31. The molecule has 0 fully saturated rings. The molecule has 0 saturated carbocycles. The van der Waals surface area contributed by atoms with Crippen LogP contribution in [0.2, 0.25) is 5.02 Å². The molecule has 3 N–H and O–H groups in total. The molecule has 0 aliphatic carbocycles. The van der Waals surface area contributed by atoms with E-state index in [0.717, 1.165) is 28.5 Å². The zero-order chi connectivity index (χ0) is 14.7. The number of anilines is 1. The third-order valence-corrected chi connectivity index (χ3v) is 3.39. The molecule has 3 rings (SSSR count). The van der Waals surface area contributed by atoms with Gasteiger partial charge in [0, 0.05) is 22.5 Å². The van der Waals surface area contributed by atoms with Crippen LogP contribution in [0.25, 0.3) is 0 Å². The van der Waals surface area contributed by atoms with E-state index in [4.69, 9.17) is 16.7 Å². The maximum absolute atomic E-state index is 8.91. The van der Waals surface area contributed by atoms with Crippen molar-refractivity contribution in [2.75, 3.05) is 25.0 Å². The number of aromatic amines is 1. The summed E-state index contributed by atoms with van der Waals surface area (Å²) in [6, 6.07) is 9.53. The van der Waals surface area contributed by atoms with E-state index in [1.807, 2.05) is 36.5 Å². The van der Waals surface area contributed by atoms with Crippen LogP contribution in [-0.2, 0) is 0 Å². The second-order valence-corrected chi connectivity index (χ2v) is 5.05. The lowest BCUT2D eigenvalue weighted by Crippen LogP contribution is -2.15. The van der Waals surface area contributed by atoms with E-state index in [2.05, 4.69) is 20.3 Å². The lowest BCUT2D eigenvalue weighted by Gasteiger charge is -2.10. The molecule has 0 spiro atoms. The maximum Gasteiger partial charge on any atom is 0.123 e. The van der Waals surface area contributed by atoms with E-state index in [9.17, 15) is 0 Å². The quantitative estimate of drug-likeness (QED) is 0.814. The van der Waals surface area contributed by atoms with Crippen LogP contribution in [0.3, 0.4) is 0 Å². The second kappa shape index (κ2) is 6.11. The summed E-state index contributed by atoms with van der Waals surface area (Å²) in [7, 11) is 0. The average molecular weight is 303 g/mol. The van der Waals surface area contributed by atoms with Gasteiger partial charge in [-0.15, -0.1) is 0 Å². The highest BCUT2D eigenvalue weighted by atomic mass is 35.5. The largest absolute Gasteiger partial charge is 0.394 e. The Labute approximate surface area is 127 Å². The zero-order valence-corrected chi connectivity index (χ0v) is 12.1. The van der Waals surface area contributed by atoms with Gasteiger partial charge in [-0.1, -0.05) is 11.6 Å². The molecule has 6 heteroatoms. The topological polar surface area (TPSA) is 72.8 Å². The maximum atomic E-state index is 8.91. The van der Waals surface area contributed by atoms with Crippen molar-refractivity contribution in [3.63, 3.8) is 0 Å². The summed E-state index contributed by atoms with van der Waals surface area (Å²) in [5, 5.41) is 12.8. The minimum absolute atomic E-state index is 0.0197. The van der Waals surface area contributed by atoms with Crippen LogP contribution in [0.15, 0.2) is 46.5 Å². The minimum atomic E-state index is 0.0197. The van der Waals surface area contributed by atoms with Gasteiger partial charge in [-0.2, -0.15) is 0 Å². The number of hydrogen-bond donors (Lipinski definition) is 3. The molecule has 0 bridgehead atoms. The Hall–Kier alpha value is -2.11. The smallest absolute Gasteiger partial charge is 0.123 e. The number of nitrogens with one attached hydrogen (secondary N) is 2. The first-order valence-electron chi connectivity index (χ1n) is 6.67. The fourth-order valence-electron chi connectivity index (χ4n) is 2.24. The molecule has 21 heavy (non-hydrogen) atoms. The van der Waals surface area contributed by atoms with Gasteiger partial charge in [-0.05, 0) is 30.3 Å². The van der Waals surface area contributed by atoms with E-state index in [1.54, 1.807) is 0 Å². The molecule has 0 radical (unpaired) electrons. The van der Waals surface area contributed by atoms with Gasteiger partial charge in [0.05, 0.1) is 31.1 Å². The van der Waals surface area contributed by atoms with Gasteiger partial charge < -0.3 is 15.4 Å². The normalized spacial score (nSPS) is 16.1. The van der Waals surface area contributed by atoms with Crippen molar-refractivity contribution in [3.05, 3.63) is 52.8 Å². The highest BCUT2D eigenvalue weighted by Crippen LogP contribution is 2.25.